The Morgan fingerprint density at radius 3 is 2.50 bits per heavy atom. The first-order chi connectivity index (χ1) is 7.51. The number of hydrogen-bond acceptors (Lipinski definition) is 5. The van der Waals surface area contributed by atoms with Gasteiger partial charge >= 0.3 is 0 Å². The van der Waals surface area contributed by atoms with Gasteiger partial charge in [0.2, 0.25) is 0 Å². The molecule has 0 bridgehead atoms. The van der Waals surface area contributed by atoms with Crippen LogP contribution in [-0.2, 0) is 4.74 Å². The van der Waals surface area contributed by atoms with Gasteiger partial charge in [0, 0.05) is 7.11 Å². The predicted molar refractivity (Wildman–Crippen MR) is 59.7 cm³/mol. The van der Waals surface area contributed by atoms with Crippen molar-refractivity contribution in [1.29, 1.82) is 0 Å². The van der Waals surface area contributed by atoms with Gasteiger partial charge in [0.05, 0.1) is 5.69 Å². The first-order valence-electron chi connectivity index (χ1n) is 4.97. The summed E-state index contributed by atoms with van der Waals surface area (Å²) in [4.78, 5) is 19.3. The Bertz CT molecular complexity index is 379. The molecule has 6 nitrogen and oxygen atoms in total. The van der Waals surface area contributed by atoms with Gasteiger partial charge < -0.3 is 16.2 Å². The van der Waals surface area contributed by atoms with E-state index >= 15 is 0 Å². The fourth-order valence-electron chi connectivity index (χ4n) is 1.52. The molecule has 1 aromatic rings. The molecule has 4 N–H and O–H groups in total. The highest BCUT2D eigenvalue weighted by Gasteiger charge is 2.18. The number of anilines is 1. The van der Waals surface area contributed by atoms with Crippen molar-refractivity contribution in [2.24, 2.45) is 5.73 Å². The van der Waals surface area contributed by atoms with Crippen LogP contribution in [0.4, 0.5) is 5.82 Å². The number of nitrogens with zero attached hydrogens (tertiary/aromatic N) is 2. The molecular weight excluding hydrogens is 208 g/mol. The molecule has 0 aliphatic carbocycles. The standard InChI is InChI=1S/C10H16N4O2/c1-4-6(16-3)10-13-5(2)7(9(12)15)8(11)14-10/h6H,4H2,1-3H3,(H2,12,15)(H2,11,13,14). The molecule has 0 aliphatic heterocycles. The number of rotatable bonds is 4. The zero-order valence-corrected chi connectivity index (χ0v) is 9.65. The highest BCUT2D eigenvalue weighted by Crippen LogP contribution is 2.20. The lowest BCUT2D eigenvalue weighted by atomic mass is 10.2. The number of carbonyl (C=O) groups is 1. The maximum absolute atomic E-state index is 11.1. The van der Waals surface area contributed by atoms with E-state index in [1.165, 1.54) is 0 Å². The van der Waals surface area contributed by atoms with Crippen LogP contribution in [0.15, 0.2) is 0 Å². The summed E-state index contributed by atoms with van der Waals surface area (Å²) in [5.41, 5.74) is 11.5. The lowest BCUT2D eigenvalue weighted by Crippen LogP contribution is -2.19. The van der Waals surface area contributed by atoms with Crippen molar-refractivity contribution in [3.63, 3.8) is 0 Å². The Labute approximate surface area is 94.0 Å². The number of aromatic nitrogens is 2. The van der Waals surface area contributed by atoms with Crippen molar-refractivity contribution in [3.05, 3.63) is 17.1 Å². The third-order valence-corrected chi connectivity index (χ3v) is 2.32. The van der Waals surface area contributed by atoms with Gasteiger partial charge in [-0.25, -0.2) is 9.97 Å². The highest BCUT2D eigenvalue weighted by atomic mass is 16.5. The van der Waals surface area contributed by atoms with Crippen LogP contribution >= 0.6 is 0 Å². The smallest absolute Gasteiger partial charge is 0.254 e. The summed E-state index contributed by atoms with van der Waals surface area (Å²) in [5, 5.41) is 0. The molecule has 1 amide bonds. The largest absolute Gasteiger partial charge is 0.383 e. The number of hydrogen-bond donors (Lipinski definition) is 2. The molecule has 6 heteroatoms. The van der Waals surface area contributed by atoms with Crippen LogP contribution in [0, 0.1) is 6.92 Å². The fourth-order valence-corrected chi connectivity index (χ4v) is 1.52. The summed E-state index contributed by atoms with van der Waals surface area (Å²) in [6, 6.07) is 0. The van der Waals surface area contributed by atoms with Crippen LogP contribution in [0.1, 0.15) is 41.3 Å². The van der Waals surface area contributed by atoms with Crippen molar-refractivity contribution in [2.75, 3.05) is 12.8 Å². The molecule has 0 saturated carbocycles. The molecule has 1 rings (SSSR count). The molecule has 0 radical (unpaired) electrons. The lowest BCUT2D eigenvalue weighted by molar-refractivity contribution is 0.0921. The lowest BCUT2D eigenvalue weighted by Gasteiger charge is -2.14. The topological polar surface area (TPSA) is 104 Å². The van der Waals surface area contributed by atoms with Gasteiger partial charge in [-0.15, -0.1) is 0 Å². The summed E-state index contributed by atoms with van der Waals surface area (Å²) in [7, 11) is 1.57. The minimum atomic E-state index is -0.619. The van der Waals surface area contributed by atoms with E-state index in [1.807, 2.05) is 6.92 Å². The molecule has 1 unspecified atom stereocenters. The van der Waals surface area contributed by atoms with Gasteiger partial charge in [0.25, 0.3) is 5.91 Å². The highest BCUT2D eigenvalue weighted by molar-refractivity contribution is 5.98. The minimum absolute atomic E-state index is 0.102. The normalized spacial score (nSPS) is 12.4. The van der Waals surface area contributed by atoms with Gasteiger partial charge in [0.15, 0.2) is 5.82 Å². The van der Waals surface area contributed by atoms with Crippen LogP contribution in [0.3, 0.4) is 0 Å². The number of nitrogen functional groups attached to an aromatic ring is 1. The van der Waals surface area contributed by atoms with E-state index in [0.717, 1.165) is 6.42 Å². The molecule has 1 heterocycles. The second kappa shape index (κ2) is 4.89. The molecule has 0 aliphatic rings. The SMILES string of the molecule is CCC(OC)c1nc(C)c(C(N)=O)c(N)n1. The van der Waals surface area contributed by atoms with Crippen molar-refractivity contribution < 1.29 is 9.53 Å². The first kappa shape index (κ1) is 12.4. The quantitative estimate of drug-likeness (QED) is 0.777. The monoisotopic (exact) mass is 224 g/mol. The average molecular weight is 224 g/mol. The number of methoxy groups -OCH3 is 1. The molecule has 88 valence electrons. The van der Waals surface area contributed by atoms with Crippen LogP contribution in [0.25, 0.3) is 0 Å². The molecule has 0 spiro atoms. The fraction of sp³-hybridized carbons (Fsp3) is 0.500. The first-order valence-corrected chi connectivity index (χ1v) is 4.97. The van der Waals surface area contributed by atoms with E-state index in [4.69, 9.17) is 16.2 Å². The average Bonchev–Trinajstić information content (AvgIpc) is 2.17. The number of primary amides is 1. The molecule has 0 fully saturated rings. The van der Waals surface area contributed by atoms with Gasteiger partial charge in [-0.05, 0) is 13.3 Å². The Hall–Kier alpha value is -1.69. The van der Waals surface area contributed by atoms with Crippen molar-refractivity contribution >= 4 is 11.7 Å². The minimum Gasteiger partial charge on any atom is -0.383 e. The summed E-state index contributed by atoms with van der Waals surface area (Å²) < 4.78 is 5.20. The van der Waals surface area contributed by atoms with Gasteiger partial charge in [-0.3, -0.25) is 4.79 Å². The number of ether oxygens (including phenoxy) is 1. The molecule has 0 saturated heterocycles. The van der Waals surface area contributed by atoms with Gasteiger partial charge in [0.1, 0.15) is 17.5 Å². The molecule has 0 aromatic carbocycles. The number of amides is 1. The molecule has 1 atom stereocenters. The Kier molecular flexibility index (Phi) is 3.78. The molecular formula is C10H16N4O2. The van der Waals surface area contributed by atoms with Crippen molar-refractivity contribution in [1.82, 2.24) is 9.97 Å². The summed E-state index contributed by atoms with van der Waals surface area (Å²) in [6.07, 6.45) is 0.508. The molecule has 16 heavy (non-hydrogen) atoms. The second-order valence-electron chi connectivity index (χ2n) is 3.42. The Morgan fingerprint density at radius 2 is 2.12 bits per heavy atom. The summed E-state index contributed by atoms with van der Waals surface area (Å²) >= 11 is 0. The van der Waals surface area contributed by atoms with E-state index in [0.29, 0.717) is 11.5 Å². The zero-order valence-electron chi connectivity index (χ0n) is 9.65. The van der Waals surface area contributed by atoms with Gasteiger partial charge in [-0.2, -0.15) is 0 Å². The zero-order chi connectivity index (χ0) is 12.3. The maximum Gasteiger partial charge on any atom is 0.254 e. The Balaban J connectivity index is 3.23. The molecule has 1 aromatic heterocycles. The van der Waals surface area contributed by atoms with Crippen LogP contribution in [0.5, 0.6) is 0 Å². The number of aryl methyl sites for hydroxylation is 1. The van der Waals surface area contributed by atoms with Crippen molar-refractivity contribution in [3.8, 4) is 0 Å². The summed E-state index contributed by atoms with van der Waals surface area (Å²) in [5.74, 6) is -0.0393. The predicted octanol–water partition coefficient (Wildman–Crippen LogP) is 0.564. The third kappa shape index (κ3) is 2.27. The third-order valence-electron chi connectivity index (χ3n) is 2.32. The Morgan fingerprint density at radius 1 is 1.50 bits per heavy atom. The van der Waals surface area contributed by atoms with E-state index < -0.39 is 5.91 Å². The van der Waals surface area contributed by atoms with E-state index in [9.17, 15) is 4.79 Å². The maximum atomic E-state index is 11.1. The van der Waals surface area contributed by atoms with Gasteiger partial charge in [-0.1, -0.05) is 6.92 Å². The van der Waals surface area contributed by atoms with E-state index in [-0.39, 0.29) is 17.5 Å². The van der Waals surface area contributed by atoms with Crippen LogP contribution < -0.4 is 11.5 Å². The van der Waals surface area contributed by atoms with E-state index in [2.05, 4.69) is 9.97 Å². The summed E-state index contributed by atoms with van der Waals surface area (Å²) in [6.45, 7) is 3.62. The number of nitrogens with two attached hydrogens (primary N) is 2. The van der Waals surface area contributed by atoms with Crippen LogP contribution in [0.2, 0.25) is 0 Å². The van der Waals surface area contributed by atoms with Crippen molar-refractivity contribution in [2.45, 2.75) is 26.4 Å². The van der Waals surface area contributed by atoms with E-state index in [1.54, 1.807) is 14.0 Å². The van der Waals surface area contributed by atoms with Crippen LogP contribution in [-0.4, -0.2) is 23.0 Å². The number of carbonyl (C=O) groups excluding carboxylic acids is 1. The second-order valence-corrected chi connectivity index (χ2v) is 3.42.